The first-order valence-corrected chi connectivity index (χ1v) is 10.1. The number of benzene rings is 1. The molecule has 160 valence electrons. The lowest BCUT2D eigenvalue weighted by Crippen LogP contribution is -2.32. The summed E-state index contributed by atoms with van der Waals surface area (Å²) >= 11 is 0. The maximum Gasteiger partial charge on any atom is 0.328 e. The van der Waals surface area contributed by atoms with Crippen molar-refractivity contribution in [3.63, 3.8) is 0 Å². The molecule has 0 bridgehead atoms. The highest BCUT2D eigenvalue weighted by Gasteiger charge is 2.33. The third kappa shape index (κ3) is 4.56. The lowest BCUT2D eigenvalue weighted by molar-refractivity contribution is 0.0639. The van der Waals surface area contributed by atoms with Crippen LogP contribution in [0.15, 0.2) is 34.9 Å². The van der Waals surface area contributed by atoms with E-state index in [1.807, 2.05) is 24.3 Å². The molecule has 2 aliphatic heterocycles. The molecule has 30 heavy (non-hydrogen) atoms. The number of nitrogens with one attached hydrogen (secondary N) is 1. The summed E-state index contributed by atoms with van der Waals surface area (Å²) in [4.78, 5) is 32.4. The van der Waals surface area contributed by atoms with Gasteiger partial charge >= 0.3 is 12.0 Å². The zero-order chi connectivity index (χ0) is 20.9. The fourth-order valence-electron chi connectivity index (χ4n) is 3.63. The molecule has 2 aliphatic rings. The van der Waals surface area contributed by atoms with Crippen LogP contribution in [0.3, 0.4) is 0 Å². The van der Waals surface area contributed by atoms with E-state index in [2.05, 4.69) is 10.3 Å². The van der Waals surface area contributed by atoms with Crippen LogP contribution in [-0.4, -0.2) is 61.8 Å². The molecule has 9 nitrogen and oxygen atoms in total. The first kappa shape index (κ1) is 20.2. The molecule has 0 saturated carbocycles. The highest BCUT2D eigenvalue weighted by molar-refractivity contribution is 5.94. The number of carbonyl (C=O) groups excluding carboxylic acids is 2. The van der Waals surface area contributed by atoms with Crippen molar-refractivity contribution in [2.75, 3.05) is 44.9 Å². The summed E-state index contributed by atoms with van der Waals surface area (Å²) in [5, 5.41) is 2.88. The van der Waals surface area contributed by atoms with Gasteiger partial charge in [0.15, 0.2) is 0 Å². The van der Waals surface area contributed by atoms with E-state index in [1.165, 1.54) is 11.1 Å². The summed E-state index contributed by atoms with van der Waals surface area (Å²) in [7, 11) is 1.62. The van der Waals surface area contributed by atoms with Crippen molar-refractivity contribution in [2.24, 2.45) is 5.92 Å². The van der Waals surface area contributed by atoms with Crippen LogP contribution in [0.1, 0.15) is 29.0 Å². The Bertz CT molecular complexity index is 876. The van der Waals surface area contributed by atoms with Gasteiger partial charge in [0.05, 0.1) is 13.3 Å². The predicted octanol–water partition coefficient (Wildman–Crippen LogP) is 2.28. The molecule has 2 saturated heterocycles. The van der Waals surface area contributed by atoms with Gasteiger partial charge in [0.2, 0.25) is 5.76 Å². The van der Waals surface area contributed by atoms with Crippen molar-refractivity contribution in [2.45, 2.75) is 19.4 Å². The first-order valence-electron chi connectivity index (χ1n) is 10.1. The number of aromatic nitrogens is 1. The van der Waals surface area contributed by atoms with E-state index in [0.29, 0.717) is 32.1 Å². The van der Waals surface area contributed by atoms with Gasteiger partial charge in [-0.2, -0.15) is 0 Å². The second-order valence-corrected chi connectivity index (χ2v) is 7.48. The number of ether oxygens (including phenoxy) is 2. The summed E-state index contributed by atoms with van der Waals surface area (Å²) in [6.45, 7) is 3.54. The normalized spacial score (nSPS) is 17.4. The van der Waals surface area contributed by atoms with E-state index >= 15 is 0 Å². The zero-order valence-corrected chi connectivity index (χ0v) is 17.0. The number of oxazole rings is 1. The highest BCUT2D eigenvalue weighted by atomic mass is 16.5. The molecule has 0 atom stereocenters. The van der Waals surface area contributed by atoms with Crippen LogP contribution in [0.25, 0.3) is 0 Å². The maximum atomic E-state index is 12.8. The molecular weight excluding hydrogens is 388 g/mol. The Morgan fingerprint density at radius 1 is 1.23 bits per heavy atom. The Hall–Kier alpha value is -3.07. The average Bonchev–Trinajstić information content (AvgIpc) is 3.41. The Kier molecular flexibility index (Phi) is 6.18. The van der Waals surface area contributed by atoms with Gasteiger partial charge < -0.3 is 24.1 Å². The molecule has 1 aromatic heterocycles. The molecule has 0 radical (unpaired) electrons. The summed E-state index contributed by atoms with van der Waals surface area (Å²) in [6.07, 6.45) is 3.25. The number of hydrogen-bond acceptors (Lipinski definition) is 6. The molecule has 0 spiro atoms. The Labute approximate surface area is 174 Å². The maximum absolute atomic E-state index is 12.8. The van der Waals surface area contributed by atoms with Crippen LogP contribution in [0.5, 0.6) is 5.75 Å². The van der Waals surface area contributed by atoms with E-state index in [9.17, 15) is 9.59 Å². The van der Waals surface area contributed by atoms with Crippen LogP contribution >= 0.6 is 0 Å². The molecule has 0 unspecified atom stereocenters. The number of nitrogens with zero attached hydrogens (tertiary/aromatic N) is 3. The first-order chi connectivity index (χ1) is 14.6. The van der Waals surface area contributed by atoms with Crippen LogP contribution in [0.2, 0.25) is 0 Å². The molecular formula is C21H26N4O5. The predicted molar refractivity (Wildman–Crippen MR) is 109 cm³/mol. The number of carbonyl (C=O) groups is 2. The molecule has 1 N–H and O–H groups in total. The van der Waals surface area contributed by atoms with Gasteiger partial charge in [-0.15, -0.1) is 0 Å². The monoisotopic (exact) mass is 414 g/mol. The van der Waals surface area contributed by atoms with Crippen molar-refractivity contribution in [3.8, 4) is 5.75 Å². The minimum absolute atomic E-state index is 0.110. The van der Waals surface area contributed by atoms with E-state index in [0.717, 1.165) is 37.4 Å². The SMILES string of the molecule is COc1ccc(CN2CCN(c3ncc(C(=O)NCC4CCOCC4)o3)C2=O)cc1. The van der Waals surface area contributed by atoms with Gasteiger partial charge in [-0.25, -0.2) is 14.7 Å². The summed E-state index contributed by atoms with van der Waals surface area (Å²) < 4.78 is 16.1. The standard InChI is InChI=1S/C21H26N4O5/c1-28-17-4-2-16(3-5-17)14-24-8-9-25(21(24)27)20-23-13-18(30-20)19(26)22-12-15-6-10-29-11-7-15/h2-5,13,15H,6-12,14H2,1H3,(H,22,26). The van der Waals surface area contributed by atoms with E-state index in [4.69, 9.17) is 13.9 Å². The summed E-state index contributed by atoms with van der Waals surface area (Å²) in [6, 6.07) is 7.55. The molecule has 2 fully saturated rings. The number of amides is 3. The summed E-state index contributed by atoms with van der Waals surface area (Å²) in [5.74, 6) is 0.979. The van der Waals surface area contributed by atoms with Gasteiger partial charge in [-0.1, -0.05) is 12.1 Å². The van der Waals surface area contributed by atoms with Gasteiger partial charge in [0, 0.05) is 39.4 Å². The van der Waals surface area contributed by atoms with Crippen molar-refractivity contribution in [1.82, 2.24) is 15.2 Å². The quantitative estimate of drug-likeness (QED) is 0.747. The molecule has 9 heteroatoms. The lowest BCUT2D eigenvalue weighted by Gasteiger charge is -2.21. The van der Waals surface area contributed by atoms with E-state index < -0.39 is 0 Å². The lowest BCUT2D eigenvalue weighted by atomic mass is 10.0. The highest BCUT2D eigenvalue weighted by Crippen LogP contribution is 2.22. The van der Waals surface area contributed by atoms with Crippen molar-refractivity contribution >= 4 is 18.0 Å². The van der Waals surface area contributed by atoms with Crippen LogP contribution in [-0.2, 0) is 11.3 Å². The number of anilines is 1. The molecule has 4 rings (SSSR count). The van der Waals surface area contributed by atoms with Gasteiger partial charge in [0.25, 0.3) is 5.91 Å². The summed E-state index contributed by atoms with van der Waals surface area (Å²) in [5.41, 5.74) is 1.01. The largest absolute Gasteiger partial charge is 0.497 e. The minimum atomic E-state index is -0.318. The Morgan fingerprint density at radius 3 is 2.73 bits per heavy atom. The van der Waals surface area contributed by atoms with Crippen LogP contribution < -0.4 is 15.0 Å². The van der Waals surface area contributed by atoms with Crippen molar-refractivity contribution in [1.29, 1.82) is 0 Å². The average molecular weight is 414 g/mol. The second kappa shape index (κ2) is 9.17. The van der Waals surface area contributed by atoms with Gasteiger partial charge in [-0.05, 0) is 36.5 Å². The van der Waals surface area contributed by atoms with E-state index in [1.54, 1.807) is 12.0 Å². The topological polar surface area (TPSA) is 97.1 Å². The van der Waals surface area contributed by atoms with Crippen molar-refractivity contribution in [3.05, 3.63) is 41.8 Å². The zero-order valence-electron chi connectivity index (χ0n) is 17.0. The molecule has 1 aromatic carbocycles. The number of methoxy groups -OCH3 is 1. The Balaban J connectivity index is 1.32. The van der Waals surface area contributed by atoms with Gasteiger partial charge in [-0.3, -0.25) is 4.79 Å². The number of hydrogen-bond donors (Lipinski definition) is 1. The molecule has 2 aromatic rings. The number of urea groups is 1. The molecule has 0 aliphatic carbocycles. The second-order valence-electron chi connectivity index (χ2n) is 7.48. The molecule has 3 heterocycles. The van der Waals surface area contributed by atoms with Gasteiger partial charge in [0.1, 0.15) is 5.75 Å². The minimum Gasteiger partial charge on any atom is -0.497 e. The van der Waals surface area contributed by atoms with E-state index in [-0.39, 0.29) is 23.7 Å². The van der Waals surface area contributed by atoms with Crippen LogP contribution in [0, 0.1) is 5.92 Å². The molecule has 3 amide bonds. The Morgan fingerprint density at radius 2 is 2.00 bits per heavy atom. The number of rotatable bonds is 7. The fraction of sp³-hybridized carbons (Fsp3) is 0.476. The third-order valence-electron chi connectivity index (χ3n) is 5.47. The third-order valence-corrected chi connectivity index (χ3v) is 5.47. The smallest absolute Gasteiger partial charge is 0.328 e. The fourth-order valence-corrected chi connectivity index (χ4v) is 3.63. The van der Waals surface area contributed by atoms with Crippen molar-refractivity contribution < 1.29 is 23.5 Å². The van der Waals surface area contributed by atoms with Crippen LogP contribution in [0.4, 0.5) is 10.8 Å².